The van der Waals surface area contributed by atoms with E-state index in [1.807, 2.05) is 0 Å². The van der Waals surface area contributed by atoms with Gasteiger partial charge in [-0.25, -0.2) is 4.79 Å². The molecule has 1 spiro atoms. The van der Waals surface area contributed by atoms with E-state index >= 15 is 0 Å². The number of rotatable bonds is 1. The molecule has 2 fully saturated rings. The van der Waals surface area contributed by atoms with Gasteiger partial charge in [0.05, 0.1) is 6.61 Å². The first kappa shape index (κ1) is 13.4. The molecule has 0 bridgehead atoms. The van der Waals surface area contributed by atoms with E-state index in [0.717, 1.165) is 0 Å². The highest BCUT2D eigenvalue weighted by atomic mass is 19.4. The van der Waals surface area contributed by atoms with Gasteiger partial charge in [-0.1, -0.05) is 0 Å². The molecule has 3 N–H and O–H groups in total. The molecule has 5 nitrogen and oxygen atoms in total. The Hall–Kier alpha value is -1.02. The lowest BCUT2D eigenvalue weighted by Gasteiger charge is -2.36. The van der Waals surface area contributed by atoms with Crippen molar-refractivity contribution in [2.75, 3.05) is 6.61 Å². The van der Waals surface area contributed by atoms with Crippen LogP contribution in [0.2, 0.25) is 0 Å². The molecule has 0 aromatic rings. The highest BCUT2D eigenvalue weighted by molar-refractivity contribution is 5.64. The molecule has 1 heterocycles. The first-order valence-electron chi connectivity index (χ1n) is 5.79. The number of amides is 1. The summed E-state index contributed by atoms with van der Waals surface area (Å²) in [6, 6.07) is -1.83. The van der Waals surface area contributed by atoms with E-state index in [0.29, 0.717) is 25.7 Å². The van der Waals surface area contributed by atoms with E-state index < -0.39 is 24.0 Å². The van der Waals surface area contributed by atoms with Crippen molar-refractivity contribution in [1.29, 1.82) is 0 Å². The zero-order chi connectivity index (χ0) is 13.4. The van der Waals surface area contributed by atoms with Gasteiger partial charge in [0.25, 0.3) is 0 Å². The minimum absolute atomic E-state index is 0.205. The minimum atomic E-state index is -4.31. The molecule has 0 radical (unpaired) electrons. The smallest absolute Gasteiger partial charge is 0.406 e. The summed E-state index contributed by atoms with van der Waals surface area (Å²) < 4.78 is 42.8. The summed E-state index contributed by atoms with van der Waals surface area (Å²) in [5, 5.41) is 13.4. The fourth-order valence-electron chi connectivity index (χ4n) is 2.51. The third kappa shape index (κ3) is 2.86. The molecular formula is C10H15F3N2O3. The van der Waals surface area contributed by atoms with Crippen LogP contribution in [0.3, 0.4) is 0 Å². The molecule has 104 valence electrons. The van der Waals surface area contributed by atoms with Crippen LogP contribution in [0.15, 0.2) is 0 Å². The molecule has 8 heteroatoms. The van der Waals surface area contributed by atoms with Gasteiger partial charge < -0.3 is 15.2 Å². The average Bonchev–Trinajstić information content (AvgIpc) is 2.66. The molecule has 0 aromatic heterocycles. The monoisotopic (exact) mass is 268 g/mol. The van der Waals surface area contributed by atoms with Crippen LogP contribution in [0.5, 0.6) is 0 Å². The first-order chi connectivity index (χ1) is 8.31. The van der Waals surface area contributed by atoms with E-state index in [1.54, 1.807) is 0 Å². The lowest BCUT2D eigenvalue weighted by molar-refractivity contribution is -0.152. The zero-order valence-electron chi connectivity index (χ0n) is 9.59. The van der Waals surface area contributed by atoms with E-state index in [2.05, 4.69) is 10.6 Å². The van der Waals surface area contributed by atoms with Gasteiger partial charge in [0.2, 0.25) is 0 Å². The Morgan fingerprint density at radius 1 is 1.39 bits per heavy atom. The normalized spacial score (nSPS) is 36.8. The van der Waals surface area contributed by atoms with E-state index in [1.165, 1.54) is 0 Å². The van der Waals surface area contributed by atoms with Crippen molar-refractivity contribution in [2.24, 2.45) is 0 Å². The van der Waals surface area contributed by atoms with Crippen LogP contribution in [0.4, 0.5) is 18.0 Å². The summed E-state index contributed by atoms with van der Waals surface area (Å²) in [6.45, 7) is -0.374. The number of ether oxygens (including phenoxy) is 1. The van der Waals surface area contributed by atoms with Crippen molar-refractivity contribution in [3.05, 3.63) is 0 Å². The van der Waals surface area contributed by atoms with Crippen molar-refractivity contribution in [1.82, 2.24) is 10.6 Å². The second kappa shape index (κ2) is 4.58. The van der Waals surface area contributed by atoms with Gasteiger partial charge in [-0.05, 0) is 25.7 Å². The topological polar surface area (TPSA) is 70.6 Å². The number of carboxylic acid groups (broad SMARTS) is 1. The standard InChI is InChI=1S/C10H15F3N2O3/c11-10(12,13)7-5-18-9(15-7)3-1-6(2-4-9)14-8(16)17/h6-7,14-15H,1-5H2,(H,16,17)/t6?,7-,9?/m0/s1. The number of carbonyl (C=O) groups is 1. The van der Waals surface area contributed by atoms with Crippen molar-refractivity contribution < 1.29 is 27.8 Å². The zero-order valence-corrected chi connectivity index (χ0v) is 9.59. The van der Waals surface area contributed by atoms with Crippen molar-refractivity contribution in [3.63, 3.8) is 0 Å². The van der Waals surface area contributed by atoms with Crippen molar-refractivity contribution in [2.45, 2.75) is 49.7 Å². The van der Waals surface area contributed by atoms with E-state index in [9.17, 15) is 18.0 Å². The summed E-state index contributed by atoms with van der Waals surface area (Å²) >= 11 is 0. The Labute approximate surface area is 102 Å². The Morgan fingerprint density at radius 2 is 2.00 bits per heavy atom. The van der Waals surface area contributed by atoms with Gasteiger partial charge in [-0.3, -0.25) is 5.32 Å². The molecule has 1 atom stereocenters. The number of alkyl halides is 3. The maximum atomic E-state index is 12.5. The van der Waals surface area contributed by atoms with Gasteiger partial charge >= 0.3 is 12.3 Å². The first-order valence-corrected chi connectivity index (χ1v) is 5.79. The van der Waals surface area contributed by atoms with Crippen LogP contribution < -0.4 is 10.6 Å². The van der Waals surface area contributed by atoms with Gasteiger partial charge in [0.1, 0.15) is 11.8 Å². The van der Waals surface area contributed by atoms with Gasteiger partial charge in [0, 0.05) is 6.04 Å². The van der Waals surface area contributed by atoms with Crippen molar-refractivity contribution >= 4 is 6.09 Å². The van der Waals surface area contributed by atoms with Gasteiger partial charge in [-0.2, -0.15) is 13.2 Å². The molecule has 1 aliphatic carbocycles. The van der Waals surface area contributed by atoms with Crippen LogP contribution >= 0.6 is 0 Å². The molecule has 1 amide bonds. The third-order valence-corrected chi connectivity index (χ3v) is 3.48. The minimum Gasteiger partial charge on any atom is -0.465 e. The Bertz CT molecular complexity index is 327. The lowest BCUT2D eigenvalue weighted by Crippen LogP contribution is -2.53. The average molecular weight is 268 g/mol. The Morgan fingerprint density at radius 3 is 2.44 bits per heavy atom. The molecule has 2 rings (SSSR count). The fourth-order valence-corrected chi connectivity index (χ4v) is 2.51. The van der Waals surface area contributed by atoms with Crippen LogP contribution in [0.25, 0.3) is 0 Å². The molecule has 1 aliphatic heterocycles. The SMILES string of the molecule is O=C(O)NC1CCC2(CC1)N[C@H](C(F)(F)F)CO2. The Kier molecular flexibility index (Phi) is 3.41. The highest BCUT2D eigenvalue weighted by Crippen LogP contribution is 2.37. The summed E-state index contributed by atoms with van der Waals surface area (Å²) in [7, 11) is 0. The second-order valence-corrected chi connectivity index (χ2v) is 4.77. The lowest BCUT2D eigenvalue weighted by atomic mass is 9.88. The van der Waals surface area contributed by atoms with Crippen LogP contribution in [-0.4, -0.2) is 41.8 Å². The van der Waals surface area contributed by atoms with E-state index in [-0.39, 0.29) is 12.6 Å². The molecule has 1 saturated carbocycles. The second-order valence-electron chi connectivity index (χ2n) is 4.77. The van der Waals surface area contributed by atoms with Crippen LogP contribution in [-0.2, 0) is 4.74 Å². The molecule has 1 saturated heterocycles. The molecule has 0 unspecified atom stereocenters. The summed E-state index contributed by atoms with van der Waals surface area (Å²) in [4.78, 5) is 10.5. The fraction of sp³-hybridized carbons (Fsp3) is 0.900. The molecule has 2 aliphatic rings. The highest BCUT2D eigenvalue weighted by Gasteiger charge is 2.51. The number of nitrogens with one attached hydrogen (secondary N) is 2. The number of hydrogen-bond donors (Lipinski definition) is 3. The van der Waals surface area contributed by atoms with Crippen molar-refractivity contribution in [3.8, 4) is 0 Å². The molecule has 0 aromatic carbocycles. The molecule has 18 heavy (non-hydrogen) atoms. The van der Waals surface area contributed by atoms with Gasteiger partial charge in [-0.15, -0.1) is 0 Å². The summed E-state index contributed by atoms with van der Waals surface area (Å²) in [5.74, 6) is 0. The summed E-state index contributed by atoms with van der Waals surface area (Å²) in [6.07, 6.45) is -3.70. The predicted octanol–water partition coefficient (Wildman–Crippen LogP) is 1.44. The maximum absolute atomic E-state index is 12.5. The van der Waals surface area contributed by atoms with Crippen LogP contribution in [0, 0.1) is 0 Å². The summed E-state index contributed by atoms with van der Waals surface area (Å²) in [5.41, 5.74) is -0.934. The predicted molar refractivity (Wildman–Crippen MR) is 55.1 cm³/mol. The molecular weight excluding hydrogens is 253 g/mol. The van der Waals surface area contributed by atoms with Gasteiger partial charge in [0.15, 0.2) is 0 Å². The van der Waals surface area contributed by atoms with E-state index in [4.69, 9.17) is 9.84 Å². The quantitative estimate of drug-likeness (QED) is 0.673. The largest absolute Gasteiger partial charge is 0.465 e. The number of halogens is 3. The maximum Gasteiger partial charge on any atom is 0.406 e. The number of hydrogen-bond acceptors (Lipinski definition) is 3. The Balaban J connectivity index is 1.88. The van der Waals surface area contributed by atoms with Crippen LogP contribution in [0.1, 0.15) is 25.7 Å². The third-order valence-electron chi connectivity index (χ3n) is 3.48.